The molecule has 184 valence electrons. The minimum absolute atomic E-state index is 0.169. The van der Waals surface area contributed by atoms with Crippen LogP contribution >= 0.6 is 0 Å². The molecule has 3 rings (SSSR count). The van der Waals surface area contributed by atoms with Gasteiger partial charge >= 0.3 is 0 Å². The third-order valence-corrected chi connectivity index (χ3v) is 7.63. The Balaban J connectivity index is 1.42. The van der Waals surface area contributed by atoms with E-state index in [-0.39, 0.29) is 16.6 Å². The summed E-state index contributed by atoms with van der Waals surface area (Å²) < 4.78 is 0. The molecule has 2 aliphatic rings. The number of Topliss-reactive ketones (excluding diaryl/α,β-unsaturated/α-hetero) is 2. The normalized spacial score (nSPS) is 19.6. The molecule has 2 aliphatic heterocycles. The van der Waals surface area contributed by atoms with Crippen LogP contribution in [0.15, 0.2) is 18.3 Å². The molecular formula is C27H44N4O2. The van der Waals surface area contributed by atoms with Gasteiger partial charge in [0.25, 0.3) is 0 Å². The molecule has 3 heterocycles. The molecule has 0 saturated carbocycles. The van der Waals surface area contributed by atoms with Crippen LogP contribution < -0.4 is 4.90 Å². The van der Waals surface area contributed by atoms with Crippen molar-refractivity contribution in [1.82, 2.24) is 14.8 Å². The van der Waals surface area contributed by atoms with Crippen LogP contribution in [0, 0.1) is 16.7 Å². The van der Waals surface area contributed by atoms with Crippen molar-refractivity contribution >= 4 is 17.4 Å². The maximum Gasteiger partial charge on any atom is 0.169 e. The molecular weight excluding hydrogens is 412 g/mol. The number of piperazine rings is 1. The van der Waals surface area contributed by atoms with Gasteiger partial charge in [-0.1, -0.05) is 41.5 Å². The van der Waals surface area contributed by atoms with Crippen LogP contribution in [-0.4, -0.2) is 78.7 Å². The lowest BCUT2D eigenvalue weighted by Crippen LogP contribution is -2.49. The zero-order valence-electron chi connectivity index (χ0n) is 21.7. The molecule has 0 N–H and O–H groups in total. The molecule has 6 nitrogen and oxygen atoms in total. The number of nitrogens with zero attached hydrogens (tertiary/aromatic N) is 4. The van der Waals surface area contributed by atoms with Crippen molar-refractivity contribution in [3.05, 3.63) is 23.9 Å². The molecule has 6 heteroatoms. The van der Waals surface area contributed by atoms with Crippen molar-refractivity contribution in [1.29, 1.82) is 0 Å². The fourth-order valence-corrected chi connectivity index (χ4v) is 4.55. The summed E-state index contributed by atoms with van der Waals surface area (Å²) >= 11 is 0. The van der Waals surface area contributed by atoms with Gasteiger partial charge in [-0.05, 0) is 50.4 Å². The van der Waals surface area contributed by atoms with E-state index in [1.54, 1.807) is 6.20 Å². The highest BCUT2D eigenvalue weighted by molar-refractivity contribution is 5.99. The highest BCUT2D eigenvalue weighted by atomic mass is 16.1. The van der Waals surface area contributed by atoms with Gasteiger partial charge in [0.1, 0.15) is 5.82 Å². The number of likely N-dealkylation sites (tertiary alicyclic amines) is 1. The van der Waals surface area contributed by atoms with Crippen LogP contribution in [-0.2, 0) is 4.79 Å². The summed E-state index contributed by atoms with van der Waals surface area (Å²) in [6.07, 6.45) is 4.94. The van der Waals surface area contributed by atoms with E-state index in [0.29, 0.717) is 17.9 Å². The SMILES string of the molecule is CCC(C)(C)C(=O)c1ccc(N2CCN(CC3CCN(CC(=O)C(C)(C)C)CC3)CC2)nc1. The van der Waals surface area contributed by atoms with Crippen molar-refractivity contribution in [2.75, 3.05) is 57.3 Å². The molecule has 0 bridgehead atoms. The third kappa shape index (κ3) is 6.86. The molecule has 0 radical (unpaired) electrons. The van der Waals surface area contributed by atoms with Crippen LogP contribution in [0.4, 0.5) is 5.82 Å². The summed E-state index contributed by atoms with van der Waals surface area (Å²) in [4.78, 5) is 36.8. The highest BCUT2D eigenvalue weighted by Crippen LogP contribution is 2.26. The molecule has 33 heavy (non-hydrogen) atoms. The number of piperidine rings is 1. The highest BCUT2D eigenvalue weighted by Gasteiger charge is 2.29. The summed E-state index contributed by atoms with van der Waals surface area (Å²) in [5.41, 5.74) is 0.125. The summed E-state index contributed by atoms with van der Waals surface area (Å²) in [5.74, 6) is 2.21. The predicted octanol–water partition coefficient (Wildman–Crippen LogP) is 4.15. The Hall–Kier alpha value is -1.79. The van der Waals surface area contributed by atoms with Gasteiger partial charge in [0.15, 0.2) is 11.6 Å². The van der Waals surface area contributed by atoms with E-state index >= 15 is 0 Å². The maximum absolute atomic E-state index is 12.7. The zero-order chi connectivity index (χ0) is 24.2. The molecule has 1 aromatic rings. The lowest BCUT2D eigenvalue weighted by Gasteiger charge is -2.39. The second-order valence-electron chi connectivity index (χ2n) is 11.7. The van der Waals surface area contributed by atoms with E-state index in [1.165, 1.54) is 12.8 Å². The van der Waals surface area contributed by atoms with E-state index in [9.17, 15) is 9.59 Å². The van der Waals surface area contributed by atoms with Crippen LogP contribution in [0.5, 0.6) is 0 Å². The van der Waals surface area contributed by atoms with Crippen molar-refractivity contribution in [2.45, 2.75) is 60.8 Å². The Morgan fingerprint density at radius 3 is 2.09 bits per heavy atom. The van der Waals surface area contributed by atoms with Gasteiger partial charge in [0.2, 0.25) is 0 Å². The number of hydrogen-bond acceptors (Lipinski definition) is 6. The quantitative estimate of drug-likeness (QED) is 0.548. The number of pyridine rings is 1. The lowest BCUT2D eigenvalue weighted by molar-refractivity contribution is -0.127. The van der Waals surface area contributed by atoms with Gasteiger partial charge < -0.3 is 4.90 Å². The summed E-state index contributed by atoms with van der Waals surface area (Å²) in [6, 6.07) is 3.94. The molecule has 1 aromatic heterocycles. The van der Waals surface area contributed by atoms with Crippen LogP contribution in [0.25, 0.3) is 0 Å². The molecule has 0 aromatic carbocycles. The Bertz CT molecular complexity index is 796. The molecule has 0 amide bonds. The standard InChI is InChI=1S/C27H44N4O2/c1-7-27(5,6)25(33)22-8-9-24(28-18-22)31-16-14-30(15-17-31)19-21-10-12-29(13-11-21)20-23(32)26(2,3)4/h8-9,18,21H,7,10-17,19-20H2,1-6H3. The molecule has 0 spiro atoms. The third-order valence-electron chi connectivity index (χ3n) is 7.63. The largest absolute Gasteiger partial charge is 0.354 e. The topological polar surface area (TPSA) is 56.8 Å². The maximum atomic E-state index is 12.7. The van der Waals surface area contributed by atoms with Gasteiger partial charge in [-0.15, -0.1) is 0 Å². The molecule has 0 atom stereocenters. The Labute approximate surface area is 200 Å². The van der Waals surface area contributed by atoms with Gasteiger partial charge in [-0.2, -0.15) is 0 Å². The smallest absolute Gasteiger partial charge is 0.169 e. The predicted molar refractivity (Wildman–Crippen MR) is 135 cm³/mol. The number of carbonyl (C=O) groups is 2. The van der Waals surface area contributed by atoms with Gasteiger partial charge in [-0.25, -0.2) is 4.98 Å². The Morgan fingerprint density at radius 1 is 0.939 bits per heavy atom. The summed E-state index contributed by atoms with van der Waals surface area (Å²) in [5, 5.41) is 0. The number of carbonyl (C=O) groups excluding carboxylic acids is 2. The monoisotopic (exact) mass is 456 g/mol. The minimum atomic E-state index is -0.340. The first kappa shape index (κ1) is 25.8. The zero-order valence-corrected chi connectivity index (χ0v) is 21.7. The van der Waals surface area contributed by atoms with Gasteiger partial charge in [0, 0.05) is 55.3 Å². The first-order chi connectivity index (χ1) is 15.5. The molecule has 2 fully saturated rings. The fourth-order valence-electron chi connectivity index (χ4n) is 4.55. The molecule has 2 saturated heterocycles. The van der Waals surface area contributed by atoms with E-state index in [4.69, 9.17) is 0 Å². The van der Waals surface area contributed by atoms with Gasteiger partial charge in [-0.3, -0.25) is 19.4 Å². The van der Waals surface area contributed by atoms with E-state index in [2.05, 4.69) is 26.6 Å². The van der Waals surface area contributed by atoms with E-state index in [0.717, 1.165) is 64.0 Å². The van der Waals surface area contributed by atoms with Crippen molar-refractivity contribution in [3.8, 4) is 0 Å². The fraction of sp³-hybridized carbons (Fsp3) is 0.741. The second kappa shape index (κ2) is 10.6. The first-order valence-corrected chi connectivity index (χ1v) is 12.7. The number of aromatic nitrogens is 1. The van der Waals surface area contributed by atoms with Crippen molar-refractivity contribution in [3.63, 3.8) is 0 Å². The first-order valence-electron chi connectivity index (χ1n) is 12.7. The lowest BCUT2D eigenvalue weighted by atomic mass is 9.82. The number of anilines is 1. The summed E-state index contributed by atoms with van der Waals surface area (Å²) in [7, 11) is 0. The Kier molecular flexibility index (Phi) is 8.33. The number of hydrogen-bond donors (Lipinski definition) is 0. The van der Waals surface area contributed by atoms with E-state index in [1.807, 2.05) is 46.8 Å². The minimum Gasteiger partial charge on any atom is -0.354 e. The van der Waals surface area contributed by atoms with E-state index < -0.39 is 0 Å². The Morgan fingerprint density at radius 2 is 1.58 bits per heavy atom. The van der Waals surface area contributed by atoms with Crippen LogP contribution in [0.2, 0.25) is 0 Å². The van der Waals surface area contributed by atoms with Crippen molar-refractivity contribution in [2.24, 2.45) is 16.7 Å². The summed E-state index contributed by atoms with van der Waals surface area (Å²) in [6.45, 7) is 20.0. The average molecular weight is 457 g/mol. The molecule has 0 aliphatic carbocycles. The number of rotatable bonds is 8. The van der Waals surface area contributed by atoms with Crippen LogP contribution in [0.1, 0.15) is 71.2 Å². The molecule has 0 unspecified atom stereocenters. The van der Waals surface area contributed by atoms with Crippen LogP contribution in [0.3, 0.4) is 0 Å². The van der Waals surface area contributed by atoms with Gasteiger partial charge in [0.05, 0.1) is 6.54 Å². The van der Waals surface area contributed by atoms with Crippen molar-refractivity contribution < 1.29 is 9.59 Å². The average Bonchev–Trinajstić information content (AvgIpc) is 2.80. The second-order valence-corrected chi connectivity index (χ2v) is 11.7. The number of ketones is 2.